The van der Waals surface area contributed by atoms with Crippen molar-refractivity contribution in [2.45, 2.75) is 51.5 Å². The maximum atomic E-state index is 12.4. The molecule has 5 heteroatoms. The predicted molar refractivity (Wildman–Crippen MR) is 107 cm³/mol. The van der Waals surface area contributed by atoms with Crippen LogP contribution in [0.25, 0.3) is 0 Å². The molecular weight excluding hydrogens is 336 g/mol. The molecular formula is C22H26N4O. The van der Waals surface area contributed by atoms with Gasteiger partial charge in [-0.3, -0.25) is 4.79 Å². The Morgan fingerprint density at radius 1 is 1.22 bits per heavy atom. The summed E-state index contributed by atoms with van der Waals surface area (Å²) in [7, 11) is 0. The van der Waals surface area contributed by atoms with Crippen molar-refractivity contribution in [1.82, 2.24) is 15.3 Å². The van der Waals surface area contributed by atoms with Crippen LogP contribution in [0, 0.1) is 0 Å². The normalized spacial score (nSPS) is 18.8. The third-order valence-electron chi connectivity index (χ3n) is 5.44. The first-order chi connectivity index (χ1) is 13.2. The monoisotopic (exact) mass is 362 g/mol. The minimum absolute atomic E-state index is 0.104. The maximum absolute atomic E-state index is 12.4. The molecule has 0 radical (unpaired) electrons. The van der Waals surface area contributed by atoms with Crippen LogP contribution in [0.3, 0.4) is 0 Å². The fourth-order valence-electron chi connectivity index (χ4n) is 4.00. The van der Waals surface area contributed by atoms with Gasteiger partial charge in [-0.25, -0.2) is 9.97 Å². The minimum atomic E-state index is -0.104. The summed E-state index contributed by atoms with van der Waals surface area (Å²) in [6.45, 7) is 2.84. The first-order valence-electron chi connectivity index (χ1n) is 9.87. The lowest BCUT2D eigenvalue weighted by atomic mass is 9.97. The van der Waals surface area contributed by atoms with Crippen LogP contribution in [0.15, 0.2) is 48.3 Å². The average molecular weight is 362 g/mol. The van der Waals surface area contributed by atoms with E-state index in [9.17, 15) is 4.79 Å². The zero-order valence-corrected chi connectivity index (χ0v) is 15.8. The number of hydrogen-bond acceptors (Lipinski definition) is 4. The van der Waals surface area contributed by atoms with Crippen molar-refractivity contribution in [3.63, 3.8) is 0 Å². The number of rotatable bonds is 5. The second-order valence-electron chi connectivity index (χ2n) is 7.44. The molecule has 2 aromatic rings. The smallest absolute Gasteiger partial charge is 0.254 e. The summed E-state index contributed by atoms with van der Waals surface area (Å²) in [5.41, 5.74) is 4.45. The van der Waals surface area contributed by atoms with Crippen LogP contribution in [0.5, 0.6) is 0 Å². The largest absolute Gasteiger partial charge is 0.352 e. The van der Waals surface area contributed by atoms with Crippen LogP contribution >= 0.6 is 0 Å². The summed E-state index contributed by atoms with van der Waals surface area (Å²) in [5, 5.41) is 2.99. The van der Waals surface area contributed by atoms with Gasteiger partial charge in [-0.1, -0.05) is 29.8 Å². The molecule has 2 aliphatic rings. The van der Waals surface area contributed by atoms with E-state index in [1.165, 1.54) is 36.8 Å². The number of carbonyl (C=O) groups excluding carboxylic acids is 1. The number of anilines is 2. The van der Waals surface area contributed by atoms with E-state index in [2.05, 4.69) is 51.4 Å². The van der Waals surface area contributed by atoms with E-state index < -0.39 is 0 Å². The van der Waals surface area contributed by atoms with E-state index in [1.54, 1.807) is 12.4 Å². The Balaban J connectivity index is 1.39. The highest BCUT2D eigenvalue weighted by atomic mass is 16.1. The lowest BCUT2D eigenvalue weighted by molar-refractivity contribution is 0.0953. The van der Waals surface area contributed by atoms with Crippen LogP contribution in [0.2, 0.25) is 0 Å². The zero-order valence-electron chi connectivity index (χ0n) is 15.8. The van der Waals surface area contributed by atoms with Crippen molar-refractivity contribution in [3.05, 3.63) is 59.4 Å². The summed E-state index contributed by atoms with van der Waals surface area (Å²) in [6, 6.07) is 8.66. The molecule has 1 aliphatic carbocycles. The van der Waals surface area contributed by atoms with Crippen molar-refractivity contribution in [1.29, 1.82) is 0 Å². The molecule has 0 bridgehead atoms. The molecule has 4 rings (SSSR count). The van der Waals surface area contributed by atoms with Gasteiger partial charge >= 0.3 is 0 Å². The zero-order chi connectivity index (χ0) is 18.6. The predicted octanol–water partition coefficient (Wildman–Crippen LogP) is 4.18. The Kier molecular flexibility index (Phi) is 5.19. The van der Waals surface area contributed by atoms with Gasteiger partial charge in [-0.15, -0.1) is 0 Å². The standard InChI is InChI=1S/C22H26N4O/c1-16-13-18-9-5-6-10-20(18)26(16)22-24-14-19(15-25-22)21(27)23-12-11-17-7-3-2-4-8-17/h5-7,9-10,14-16H,2-4,8,11-13H2,1H3,(H,23,27). The molecule has 140 valence electrons. The third-order valence-corrected chi connectivity index (χ3v) is 5.44. The number of carbonyl (C=O) groups is 1. The fraction of sp³-hybridized carbons (Fsp3) is 0.409. The summed E-state index contributed by atoms with van der Waals surface area (Å²) in [6.07, 6.45) is 12.4. The summed E-state index contributed by atoms with van der Waals surface area (Å²) in [4.78, 5) is 23.4. The SMILES string of the molecule is CC1Cc2ccccc2N1c1ncc(C(=O)NCCC2=CCCCC2)cn1. The Bertz CT molecular complexity index is 844. The second-order valence-corrected chi connectivity index (χ2v) is 7.44. The lowest BCUT2D eigenvalue weighted by Crippen LogP contribution is -2.27. The number of nitrogens with zero attached hydrogens (tertiary/aromatic N) is 3. The van der Waals surface area contributed by atoms with E-state index >= 15 is 0 Å². The number of benzene rings is 1. The quantitative estimate of drug-likeness (QED) is 0.811. The van der Waals surface area contributed by atoms with E-state index in [1.807, 2.05) is 6.07 Å². The van der Waals surface area contributed by atoms with E-state index in [0.29, 0.717) is 24.1 Å². The number of fused-ring (bicyclic) bond motifs is 1. The van der Waals surface area contributed by atoms with Gasteiger partial charge in [0.1, 0.15) is 0 Å². The van der Waals surface area contributed by atoms with Gasteiger partial charge in [0.2, 0.25) is 5.95 Å². The first kappa shape index (κ1) is 17.7. The number of hydrogen-bond donors (Lipinski definition) is 1. The van der Waals surface area contributed by atoms with Crippen LogP contribution in [-0.4, -0.2) is 28.5 Å². The minimum Gasteiger partial charge on any atom is -0.352 e. The van der Waals surface area contributed by atoms with Crippen LogP contribution in [0.1, 0.15) is 54.9 Å². The molecule has 0 saturated carbocycles. The maximum Gasteiger partial charge on any atom is 0.254 e. The molecule has 2 heterocycles. The summed E-state index contributed by atoms with van der Waals surface area (Å²) < 4.78 is 0. The number of para-hydroxylation sites is 1. The molecule has 1 unspecified atom stereocenters. The van der Waals surface area contributed by atoms with Gasteiger partial charge < -0.3 is 10.2 Å². The topological polar surface area (TPSA) is 58.1 Å². The first-order valence-corrected chi connectivity index (χ1v) is 9.87. The summed E-state index contributed by atoms with van der Waals surface area (Å²) >= 11 is 0. The second kappa shape index (κ2) is 7.91. The molecule has 1 N–H and O–H groups in total. The Labute approximate surface area is 160 Å². The van der Waals surface area contributed by atoms with Gasteiger partial charge in [-0.2, -0.15) is 0 Å². The summed E-state index contributed by atoms with van der Waals surface area (Å²) in [5.74, 6) is 0.546. The molecule has 1 atom stereocenters. The van der Waals surface area contributed by atoms with Gasteiger partial charge in [0.05, 0.1) is 5.56 Å². The number of nitrogens with one attached hydrogen (secondary N) is 1. The van der Waals surface area contributed by atoms with Gasteiger partial charge in [0, 0.05) is 30.7 Å². The van der Waals surface area contributed by atoms with Crippen molar-refractivity contribution >= 4 is 17.5 Å². The van der Waals surface area contributed by atoms with Crippen LogP contribution in [0.4, 0.5) is 11.6 Å². The van der Waals surface area contributed by atoms with Crippen LogP contribution < -0.4 is 10.2 Å². The molecule has 1 amide bonds. The van der Waals surface area contributed by atoms with E-state index in [0.717, 1.165) is 18.5 Å². The van der Waals surface area contributed by atoms with Crippen LogP contribution in [-0.2, 0) is 6.42 Å². The third kappa shape index (κ3) is 3.87. The van der Waals surface area contributed by atoms with Gasteiger partial charge in [0.25, 0.3) is 5.91 Å². The number of allylic oxidation sites excluding steroid dienone is 1. The molecule has 27 heavy (non-hydrogen) atoms. The molecule has 0 fully saturated rings. The van der Waals surface area contributed by atoms with Crippen molar-refractivity contribution in [2.75, 3.05) is 11.4 Å². The number of amides is 1. The number of aromatic nitrogens is 2. The Morgan fingerprint density at radius 3 is 2.81 bits per heavy atom. The lowest BCUT2D eigenvalue weighted by Gasteiger charge is -2.22. The highest BCUT2D eigenvalue weighted by Crippen LogP contribution is 2.36. The average Bonchev–Trinajstić information content (AvgIpc) is 3.04. The van der Waals surface area contributed by atoms with Gasteiger partial charge in [-0.05, 0) is 57.1 Å². The highest BCUT2D eigenvalue weighted by Gasteiger charge is 2.28. The molecule has 1 aliphatic heterocycles. The molecule has 1 aromatic carbocycles. The Hall–Kier alpha value is -2.69. The van der Waals surface area contributed by atoms with Crippen molar-refractivity contribution in [2.24, 2.45) is 0 Å². The fourth-order valence-corrected chi connectivity index (χ4v) is 4.00. The van der Waals surface area contributed by atoms with E-state index in [4.69, 9.17) is 0 Å². The van der Waals surface area contributed by atoms with E-state index in [-0.39, 0.29) is 5.91 Å². The molecule has 0 spiro atoms. The molecule has 5 nitrogen and oxygen atoms in total. The van der Waals surface area contributed by atoms with Crippen molar-refractivity contribution in [3.8, 4) is 0 Å². The van der Waals surface area contributed by atoms with Gasteiger partial charge in [0.15, 0.2) is 0 Å². The molecule has 1 aromatic heterocycles. The van der Waals surface area contributed by atoms with Crippen molar-refractivity contribution < 1.29 is 4.79 Å². The Morgan fingerprint density at radius 2 is 2.04 bits per heavy atom. The molecule has 0 saturated heterocycles. The highest BCUT2D eigenvalue weighted by molar-refractivity contribution is 5.93.